The van der Waals surface area contributed by atoms with Crippen LogP contribution in [0.2, 0.25) is 0 Å². The first-order chi connectivity index (χ1) is 6.22. The maximum absolute atomic E-state index is 3.75. The van der Waals surface area contributed by atoms with Crippen LogP contribution >= 0.6 is 0 Å². The van der Waals surface area contributed by atoms with Gasteiger partial charge in [0.2, 0.25) is 0 Å². The monoisotopic (exact) mass is 182 g/mol. The Morgan fingerprint density at radius 1 is 1.38 bits per heavy atom. The van der Waals surface area contributed by atoms with Gasteiger partial charge in [-0.1, -0.05) is 6.92 Å². The fraction of sp³-hybridized carbons (Fsp3) is 1.00. The molecule has 3 saturated heterocycles. The SMILES string of the molecule is CC[C@H]1N[C@H]2CC[C@@H]1N(C(C)C)C2. The number of piperazine rings is 1. The average Bonchev–Trinajstić information content (AvgIpc) is 2.18. The standard InChI is InChI=1S/C11H22N2/c1-4-10-11-6-5-9(12-10)7-13(11)8(2)3/h8-12H,4-7H2,1-3H3/t9-,10+,11-/m0/s1. The zero-order chi connectivity index (χ0) is 9.42. The molecule has 2 bridgehead atoms. The van der Waals surface area contributed by atoms with Gasteiger partial charge in [-0.05, 0) is 33.1 Å². The van der Waals surface area contributed by atoms with E-state index in [-0.39, 0.29) is 0 Å². The van der Waals surface area contributed by atoms with Crippen molar-refractivity contribution in [1.82, 2.24) is 10.2 Å². The molecule has 3 aliphatic rings. The van der Waals surface area contributed by atoms with E-state index in [1.54, 1.807) is 0 Å². The van der Waals surface area contributed by atoms with Gasteiger partial charge in [-0.15, -0.1) is 0 Å². The predicted molar refractivity (Wildman–Crippen MR) is 55.9 cm³/mol. The van der Waals surface area contributed by atoms with Gasteiger partial charge in [-0.2, -0.15) is 0 Å². The highest BCUT2D eigenvalue weighted by Crippen LogP contribution is 2.29. The lowest BCUT2D eigenvalue weighted by Gasteiger charge is -2.52. The Bertz CT molecular complexity index is 179. The molecule has 0 saturated carbocycles. The Hall–Kier alpha value is -0.0800. The second-order valence-corrected chi connectivity index (χ2v) is 4.81. The molecule has 0 aromatic rings. The molecule has 2 heteroatoms. The van der Waals surface area contributed by atoms with Gasteiger partial charge in [0.05, 0.1) is 0 Å². The van der Waals surface area contributed by atoms with Crippen molar-refractivity contribution in [3.8, 4) is 0 Å². The van der Waals surface area contributed by atoms with Crippen LogP contribution in [0.15, 0.2) is 0 Å². The van der Waals surface area contributed by atoms with Crippen molar-refractivity contribution in [1.29, 1.82) is 0 Å². The van der Waals surface area contributed by atoms with Crippen molar-refractivity contribution >= 4 is 0 Å². The summed E-state index contributed by atoms with van der Waals surface area (Å²) in [5.41, 5.74) is 0. The van der Waals surface area contributed by atoms with E-state index >= 15 is 0 Å². The van der Waals surface area contributed by atoms with Crippen molar-refractivity contribution in [3.63, 3.8) is 0 Å². The Kier molecular flexibility index (Phi) is 2.61. The highest BCUT2D eigenvalue weighted by molar-refractivity contribution is 4.99. The Labute approximate surface area is 81.7 Å². The van der Waals surface area contributed by atoms with Crippen LogP contribution < -0.4 is 5.32 Å². The zero-order valence-corrected chi connectivity index (χ0v) is 9.09. The van der Waals surface area contributed by atoms with E-state index < -0.39 is 0 Å². The topological polar surface area (TPSA) is 15.3 Å². The number of nitrogens with zero attached hydrogens (tertiary/aromatic N) is 1. The van der Waals surface area contributed by atoms with Crippen molar-refractivity contribution < 1.29 is 0 Å². The predicted octanol–water partition coefficient (Wildman–Crippen LogP) is 1.61. The van der Waals surface area contributed by atoms with Gasteiger partial charge < -0.3 is 5.32 Å². The number of fused-ring (bicyclic) bond motifs is 3. The number of hydrogen-bond donors (Lipinski definition) is 1. The molecule has 0 amide bonds. The van der Waals surface area contributed by atoms with Crippen LogP contribution in [-0.2, 0) is 0 Å². The van der Waals surface area contributed by atoms with Crippen LogP contribution in [0, 0.1) is 0 Å². The number of rotatable bonds is 2. The molecular formula is C11H22N2. The zero-order valence-electron chi connectivity index (χ0n) is 9.09. The lowest BCUT2D eigenvalue weighted by molar-refractivity contribution is 0.0135. The normalized spacial score (nSPS) is 40.2. The highest BCUT2D eigenvalue weighted by atomic mass is 15.3. The molecule has 0 radical (unpaired) electrons. The summed E-state index contributed by atoms with van der Waals surface area (Å²) in [7, 11) is 0. The van der Waals surface area contributed by atoms with Crippen molar-refractivity contribution in [2.45, 2.75) is 64.2 Å². The summed E-state index contributed by atoms with van der Waals surface area (Å²) in [6.45, 7) is 8.23. The summed E-state index contributed by atoms with van der Waals surface area (Å²) < 4.78 is 0. The first-order valence-corrected chi connectivity index (χ1v) is 5.74. The molecule has 3 rings (SSSR count). The van der Waals surface area contributed by atoms with Gasteiger partial charge in [-0.3, -0.25) is 4.90 Å². The van der Waals surface area contributed by atoms with Gasteiger partial charge in [0, 0.05) is 30.7 Å². The van der Waals surface area contributed by atoms with Crippen LogP contribution in [0.4, 0.5) is 0 Å². The van der Waals surface area contributed by atoms with Crippen molar-refractivity contribution in [3.05, 3.63) is 0 Å². The average molecular weight is 182 g/mol. The van der Waals surface area contributed by atoms with Gasteiger partial charge in [0.15, 0.2) is 0 Å². The quantitative estimate of drug-likeness (QED) is 0.698. The van der Waals surface area contributed by atoms with Crippen LogP contribution in [-0.4, -0.2) is 35.6 Å². The van der Waals surface area contributed by atoms with Crippen LogP contribution in [0.5, 0.6) is 0 Å². The molecule has 3 aliphatic heterocycles. The lowest BCUT2D eigenvalue weighted by Crippen LogP contribution is -2.67. The second kappa shape index (κ2) is 3.58. The molecule has 0 unspecified atom stereocenters. The van der Waals surface area contributed by atoms with E-state index in [4.69, 9.17) is 0 Å². The highest BCUT2D eigenvalue weighted by Gasteiger charge is 2.39. The Balaban J connectivity index is 2.08. The first-order valence-electron chi connectivity index (χ1n) is 5.74. The fourth-order valence-corrected chi connectivity index (χ4v) is 2.98. The van der Waals surface area contributed by atoms with Gasteiger partial charge in [-0.25, -0.2) is 0 Å². The summed E-state index contributed by atoms with van der Waals surface area (Å²) in [4.78, 5) is 2.69. The number of piperidine rings is 2. The van der Waals surface area contributed by atoms with E-state index in [0.29, 0.717) is 0 Å². The second-order valence-electron chi connectivity index (χ2n) is 4.81. The summed E-state index contributed by atoms with van der Waals surface area (Å²) >= 11 is 0. The number of hydrogen-bond acceptors (Lipinski definition) is 2. The minimum atomic E-state index is 0.726. The molecule has 0 spiro atoms. The third kappa shape index (κ3) is 1.62. The molecule has 3 atom stereocenters. The molecule has 0 aromatic heterocycles. The summed E-state index contributed by atoms with van der Waals surface area (Å²) in [5.74, 6) is 0. The van der Waals surface area contributed by atoms with Crippen LogP contribution in [0.25, 0.3) is 0 Å². The molecule has 13 heavy (non-hydrogen) atoms. The lowest BCUT2D eigenvalue weighted by atomic mass is 9.85. The van der Waals surface area contributed by atoms with Gasteiger partial charge in [0.1, 0.15) is 0 Å². The van der Waals surface area contributed by atoms with E-state index in [1.165, 1.54) is 25.8 Å². The third-order valence-corrected chi connectivity index (χ3v) is 3.69. The smallest absolute Gasteiger partial charge is 0.0253 e. The van der Waals surface area contributed by atoms with E-state index in [0.717, 1.165) is 24.2 Å². The summed E-state index contributed by atoms with van der Waals surface area (Å²) in [6.07, 6.45) is 4.09. The van der Waals surface area contributed by atoms with E-state index in [9.17, 15) is 0 Å². The minimum Gasteiger partial charge on any atom is -0.308 e. The molecule has 76 valence electrons. The summed E-state index contributed by atoms with van der Waals surface area (Å²) in [5, 5.41) is 3.75. The van der Waals surface area contributed by atoms with Crippen LogP contribution in [0.1, 0.15) is 40.0 Å². The molecule has 3 heterocycles. The third-order valence-electron chi connectivity index (χ3n) is 3.69. The molecule has 0 aliphatic carbocycles. The molecule has 0 aromatic carbocycles. The van der Waals surface area contributed by atoms with Gasteiger partial charge >= 0.3 is 0 Å². The number of nitrogens with one attached hydrogen (secondary N) is 1. The van der Waals surface area contributed by atoms with E-state index in [1.807, 2.05) is 0 Å². The molecule has 2 nitrogen and oxygen atoms in total. The maximum Gasteiger partial charge on any atom is 0.0253 e. The molecule has 1 N–H and O–H groups in total. The Morgan fingerprint density at radius 2 is 2.15 bits per heavy atom. The van der Waals surface area contributed by atoms with Gasteiger partial charge in [0.25, 0.3) is 0 Å². The largest absolute Gasteiger partial charge is 0.308 e. The molecular weight excluding hydrogens is 160 g/mol. The van der Waals surface area contributed by atoms with Crippen LogP contribution in [0.3, 0.4) is 0 Å². The van der Waals surface area contributed by atoms with E-state index in [2.05, 4.69) is 31.0 Å². The molecule has 3 fully saturated rings. The summed E-state index contributed by atoms with van der Waals surface area (Å²) in [6, 6.07) is 3.08. The fourth-order valence-electron chi connectivity index (χ4n) is 2.98. The van der Waals surface area contributed by atoms with Crippen molar-refractivity contribution in [2.75, 3.05) is 6.54 Å². The van der Waals surface area contributed by atoms with Crippen molar-refractivity contribution in [2.24, 2.45) is 0 Å². The maximum atomic E-state index is 3.75. The Morgan fingerprint density at radius 3 is 2.69 bits per heavy atom. The first kappa shape index (κ1) is 9.47. The minimum absolute atomic E-state index is 0.726.